The zero-order chi connectivity index (χ0) is 21.8. The van der Waals surface area contributed by atoms with Gasteiger partial charge in [0, 0.05) is 16.9 Å². The van der Waals surface area contributed by atoms with Crippen LogP contribution in [0.4, 0.5) is 11.4 Å². The van der Waals surface area contributed by atoms with Gasteiger partial charge in [-0.25, -0.2) is 4.98 Å². The van der Waals surface area contributed by atoms with Crippen molar-refractivity contribution in [2.45, 2.75) is 13.8 Å². The molecule has 2 amide bonds. The lowest BCUT2D eigenvalue weighted by Gasteiger charge is -2.08. The van der Waals surface area contributed by atoms with E-state index in [1.165, 1.54) is 5.56 Å². The molecule has 4 aromatic rings. The lowest BCUT2D eigenvalue weighted by atomic mass is 10.2. The van der Waals surface area contributed by atoms with Crippen molar-refractivity contribution in [2.75, 3.05) is 17.2 Å². The summed E-state index contributed by atoms with van der Waals surface area (Å²) in [6.45, 7) is 4.51. The summed E-state index contributed by atoms with van der Waals surface area (Å²) in [5.41, 5.74) is 4.17. The molecular formula is C24H21N3O3S. The molecule has 0 bridgehead atoms. The highest BCUT2D eigenvalue weighted by molar-refractivity contribution is 7.21. The van der Waals surface area contributed by atoms with E-state index in [9.17, 15) is 9.59 Å². The molecule has 3 aromatic carbocycles. The number of nitrogens with zero attached hydrogens (tertiary/aromatic N) is 1. The van der Waals surface area contributed by atoms with Crippen LogP contribution in [0.1, 0.15) is 12.5 Å². The molecule has 0 atom stereocenters. The first-order chi connectivity index (χ1) is 15.0. The predicted octanol–water partition coefficient (Wildman–Crippen LogP) is 5.25. The second kappa shape index (κ2) is 8.97. The Hall–Kier alpha value is -3.71. The van der Waals surface area contributed by atoms with Crippen LogP contribution in [0.25, 0.3) is 20.8 Å². The Kier molecular flexibility index (Phi) is 5.95. The molecule has 0 radical (unpaired) electrons. The van der Waals surface area contributed by atoms with E-state index in [0.717, 1.165) is 20.8 Å². The second-order valence-electron chi connectivity index (χ2n) is 6.93. The minimum atomic E-state index is -0.741. The Morgan fingerprint density at radius 2 is 1.52 bits per heavy atom. The summed E-state index contributed by atoms with van der Waals surface area (Å²) < 4.78 is 6.50. The van der Waals surface area contributed by atoms with Gasteiger partial charge in [0.1, 0.15) is 10.8 Å². The number of hydrogen-bond donors (Lipinski definition) is 2. The molecule has 0 aliphatic heterocycles. The van der Waals surface area contributed by atoms with E-state index < -0.39 is 11.8 Å². The molecule has 0 aliphatic carbocycles. The highest BCUT2D eigenvalue weighted by Gasteiger charge is 2.14. The quantitative estimate of drug-likeness (QED) is 0.423. The topological polar surface area (TPSA) is 80.3 Å². The number of nitrogens with one attached hydrogen (secondary N) is 2. The van der Waals surface area contributed by atoms with Gasteiger partial charge in [-0.1, -0.05) is 6.07 Å². The van der Waals surface area contributed by atoms with Crippen molar-refractivity contribution in [1.82, 2.24) is 4.98 Å². The van der Waals surface area contributed by atoms with Crippen LogP contribution in [0, 0.1) is 6.92 Å². The minimum Gasteiger partial charge on any atom is -0.494 e. The molecule has 1 heterocycles. The molecule has 31 heavy (non-hydrogen) atoms. The number of benzene rings is 3. The van der Waals surface area contributed by atoms with Crippen LogP contribution >= 0.6 is 11.3 Å². The lowest BCUT2D eigenvalue weighted by Crippen LogP contribution is -2.29. The standard InChI is InChI=1S/C24H21N3O3S/c1-3-30-19-11-9-18(10-12-19)26-23(29)22(28)25-17-7-5-16(6-8-17)24-27-20-13-4-15(2)14-21(20)31-24/h4-14H,3H2,1-2H3,(H,25,28)(H,26,29). The van der Waals surface area contributed by atoms with Gasteiger partial charge in [0.2, 0.25) is 0 Å². The fourth-order valence-electron chi connectivity index (χ4n) is 3.03. The molecule has 0 unspecified atom stereocenters. The highest BCUT2D eigenvalue weighted by Crippen LogP contribution is 2.31. The molecule has 0 fully saturated rings. The van der Waals surface area contributed by atoms with Crippen molar-refractivity contribution in [2.24, 2.45) is 0 Å². The molecule has 0 spiro atoms. The summed E-state index contributed by atoms with van der Waals surface area (Å²) in [5, 5.41) is 6.10. The van der Waals surface area contributed by atoms with Crippen molar-refractivity contribution < 1.29 is 14.3 Å². The Morgan fingerprint density at radius 1 is 0.903 bits per heavy atom. The normalized spacial score (nSPS) is 10.6. The summed E-state index contributed by atoms with van der Waals surface area (Å²) in [5.74, 6) is -0.778. The number of ether oxygens (including phenoxy) is 1. The van der Waals surface area contributed by atoms with Crippen LogP contribution in [-0.4, -0.2) is 23.4 Å². The van der Waals surface area contributed by atoms with Crippen LogP contribution < -0.4 is 15.4 Å². The maximum absolute atomic E-state index is 12.2. The van der Waals surface area contributed by atoms with Gasteiger partial charge in [-0.2, -0.15) is 0 Å². The van der Waals surface area contributed by atoms with Gasteiger partial charge in [0.25, 0.3) is 0 Å². The number of rotatable bonds is 5. The molecule has 0 aliphatic rings. The number of aromatic nitrogens is 1. The number of aryl methyl sites for hydroxylation is 1. The fraction of sp³-hybridized carbons (Fsp3) is 0.125. The van der Waals surface area contributed by atoms with E-state index in [1.807, 2.05) is 31.2 Å². The van der Waals surface area contributed by atoms with Gasteiger partial charge in [-0.05, 0) is 80.1 Å². The van der Waals surface area contributed by atoms with E-state index >= 15 is 0 Å². The van der Waals surface area contributed by atoms with Crippen LogP contribution in [-0.2, 0) is 9.59 Å². The SMILES string of the molecule is CCOc1ccc(NC(=O)C(=O)Nc2ccc(-c3nc4ccc(C)cc4s3)cc2)cc1. The van der Waals surface area contributed by atoms with E-state index in [2.05, 4.69) is 28.6 Å². The second-order valence-corrected chi connectivity index (χ2v) is 7.96. The number of thiazole rings is 1. The summed E-state index contributed by atoms with van der Waals surface area (Å²) in [7, 11) is 0. The maximum atomic E-state index is 12.2. The van der Waals surface area contributed by atoms with Gasteiger partial charge in [-0.3, -0.25) is 9.59 Å². The number of fused-ring (bicyclic) bond motifs is 1. The van der Waals surface area contributed by atoms with Crippen molar-refractivity contribution in [3.05, 3.63) is 72.3 Å². The zero-order valence-corrected chi connectivity index (χ0v) is 18.0. The number of hydrogen-bond acceptors (Lipinski definition) is 5. The lowest BCUT2D eigenvalue weighted by molar-refractivity contribution is -0.132. The Labute approximate surface area is 183 Å². The predicted molar refractivity (Wildman–Crippen MR) is 125 cm³/mol. The zero-order valence-electron chi connectivity index (χ0n) is 17.1. The average Bonchev–Trinajstić information content (AvgIpc) is 3.19. The molecular weight excluding hydrogens is 410 g/mol. The summed E-state index contributed by atoms with van der Waals surface area (Å²) in [4.78, 5) is 29.1. The molecule has 6 nitrogen and oxygen atoms in total. The Morgan fingerprint density at radius 3 is 2.13 bits per heavy atom. The third kappa shape index (κ3) is 4.90. The summed E-state index contributed by atoms with van der Waals surface area (Å²) >= 11 is 1.62. The van der Waals surface area contributed by atoms with Crippen molar-refractivity contribution in [3.8, 4) is 16.3 Å². The monoisotopic (exact) mass is 431 g/mol. The van der Waals surface area contributed by atoms with Crippen molar-refractivity contribution >= 4 is 44.7 Å². The third-order valence-electron chi connectivity index (χ3n) is 4.56. The fourth-order valence-corrected chi connectivity index (χ4v) is 4.10. The van der Waals surface area contributed by atoms with E-state index in [-0.39, 0.29) is 0 Å². The first-order valence-corrected chi connectivity index (χ1v) is 10.7. The van der Waals surface area contributed by atoms with Gasteiger partial charge < -0.3 is 15.4 Å². The molecule has 4 rings (SSSR count). The molecule has 0 saturated carbocycles. The van der Waals surface area contributed by atoms with Gasteiger partial charge in [-0.15, -0.1) is 11.3 Å². The number of carbonyl (C=O) groups is 2. The Balaban J connectivity index is 1.39. The third-order valence-corrected chi connectivity index (χ3v) is 5.63. The summed E-state index contributed by atoms with van der Waals surface area (Å²) in [6, 6.07) is 20.3. The molecule has 0 saturated heterocycles. The number of anilines is 2. The Bertz CT molecular complexity index is 1230. The van der Waals surface area contributed by atoms with Crippen LogP contribution in [0.2, 0.25) is 0 Å². The van der Waals surface area contributed by atoms with E-state index in [4.69, 9.17) is 4.74 Å². The van der Waals surface area contributed by atoms with Gasteiger partial charge in [0.05, 0.1) is 16.8 Å². The number of amides is 2. The molecule has 2 N–H and O–H groups in total. The van der Waals surface area contributed by atoms with Gasteiger partial charge >= 0.3 is 11.8 Å². The first kappa shape index (κ1) is 20.6. The van der Waals surface area contributed by atoms with Crippen LogP contribution in [0.3, 0.4) is 0 Å². The van der Waals surface area contributed by atoms with E-state index in [0.29, 0.717) is 23.7 Å². The van der Waals surface area contributed by atoms with Gasteiger partial charge in [0.15, 0.2) is 0 Å². The number of carbonyl (C=O) groups excluding carboxylic acids is 2. The average molecular weight is 432 g/mol. The van der Waals surface area contributed by atoms with Crippen LogP contribution in [0.5, 0.6) is 5.75 Å². The smallest absolute Gasteiger partial charge is 0.314 e. The molecule has 1 aromatic heterocycles. The summed E-state index contributed by atoms with van der Waals surface area (Å²) in [6.07, 6.45) is 0. The van der Waals surface area contributed by atoms with E-state index in [1.54, 1.807) is 47.7 Å². The van der Waals surface area contributed by atoms with Crippen molar-refractivity contribution in [3.63, 3.8) is 0 Å². The maximum Gasteiger partial charge on any atom is 0.314 e. The minimum absolute atomic E-state index is 0.519. The highest BCUT2D eigenvalue weighted by atomic mass is 32.1. The first-order valence-electron chi connectivity index (χ1n) is 9.84. The molecule has 7 heteroatoms. The molecule has 156 valence electrons. The van der Waals surface area contributed by atoms with Crippen molar-refractivity contribution in [1.29, 1.82) is 0 Å². The van der Waals surface area contributed by atoms with Crippen LogP contribution in [0.15, 0.2) is 66.7 Å². The largest absolute Gasteiger partial charge is 0.494 e.